The average Bonchev–Trinajstić information content (AvgIpc) is 2.69. The summed E-state index contributed by atoms with van der Waals surface area (Å²) in [4.78, 5) is 19.8. The third-order valence-electron chi connectivity index (χ3n) is 2.55. The molecule has 90 valence electrons. The standard InChI is InChI=1S/C12H8ClN3O2/c13-10-4-3-8(6-15-10)7-16-11-9(18-12(16)17)2-1-5-14-11/h1-6H,7H2. The molecule has 0 atom stereocenters. The van der Waals surface area contributed by atoms with E-state index in [4.69, 9.17) is 16.0 Å². The van der Waals surface area contributed by atoms with E-state index < -0.39 is 5.76 Å². The fraction of sp³-hybridized carbons (Fsp3) is 0.0833. The van der Waals surface area contributed by atoms with Gasteiger partial charge in [0.25, 0.3) is 0 Å². The van der Waals surface area contributed by atoms with Crippen molar-refractivity contribution in [2.45, 2.75) is 6.54 Å². The molecule has 18 heavy (non-hydrogen) atoms. The van der Waals surface area contributed by atoms with Crippen molar-refractivity contribution in [3.8, 4) is 0 Å². The smallest absolute Gasteiger partial charge is 0.406 e. The molecule has 0 amide bonds. The summed E-state index contributed by atoms with van der Waals surface area (Å²) >= 11 is 5.71. The van der Waals surface area contributed by atoms with E-state index in [1.54, 1.807) is 30.6 Å². The van der Waals surface area contributed by atoms with Gasteiger partial charge in [0.1, 0.15) is 5.15 Å². The van der Waals surface area contributed by atoms with Crippen LogP contribution in [0.3, 0.4) is 0 Å². The van der Waals surface area contributed by atoms with E-state index in [0.29, 0.717) is 22.9 Å². The summed E-state index contributed by atoms with van der Waals surface area (Å²) in [5.74, 6) is -0.432. The van der Waals surface area contributed by atoms with Crippen molar-refractivity contribution in [3.63, 3.8) is 0 Å². The predicted octanol–water partition coefficient (Wildman–Crippen LogP) is 2.09. The minimum absolute atomic E-state index is 0.354. The molecule has 0 fully saturated rings. The minimum atomic E-state index is -0.432. The highest BCUT2D eigenvalue weighted by molar-refractivity contribution is 6.29. The van der Waals surface area contributed by atoms with Gasteiger partial charge in [0, 0.05) is 12.4 Å². The van der Waals surface area contributed by atoms with E-state index in [1.807, 2.05) is 6.07 Å². The first-order valence-electron chi connectivity index (χ1n) is 5.29. The van der Waals surface area contributed by atoms with Crippen molar-refractivity contribution < 1.29 is 4.42 Å². The van der Waals surface area contributed by atoms with Gasteiger partial charge in [-0.15, -0.1) is 0 Å². The maximum absolute atomic E-state index is 11.7. The summed E-state index contributed by atoms with van der Waals surface area (Å²) in [6.45, 7) is 0.354. The highest BCUT2D eigenvalue weighted by atomic mass is 35.5. The zero-order valence-corrected chi connectivity index (χ0v) is 9.96. The van der Waals surface area contributed by atoms with Gasteiger partial charge in [-0.3, -0.25) is 4.57 Å². The number of halogens is 1. The Labute approximate surface area is 107 Å². The quantitative estimate of drug-likeness (QED) is 0.663. The number of hydrogen-bond acceptors (Lipinski definition) is 4. The molecule has 0 aliphatic carbocycles. The first kappa shape index (κ1) is 11.0. The maximum Gasteiger partial charge on any atom is 0.421 e. The molecule has 0 aliphatic rings. The number of pyridine rings is 2. The predicted molar refractivity (Wildman–Crippen MR) is 66.6 cm³/mol. The average molecular weight is 262 g/mol. The lowest BCUT2D eigenvalue weighted by molar-refractivity contribution is 0.517. The third kappa shape index (κ3) is 1.89. The molecule has 3 aromatic rings. The molecule has 6 heteroatoms. The van der Waals surface area contributed by atoms with Gasteiger partial charge in [0.05, 0.1) is 6.54 Å². The zero-order valence-electron chi connectivity index (χ0n) is 9.21. The van der Waals surface area contributed by atoms with Crippen LogP contribution < -0.4 is 5.76 Å². The Morgan fingerprint density at radius 2 is 2.17 bits per heavy atom. The number of hydrogen-bond donors (Lipinski definition) is 0. The third-order valence-corrected chi connectivity index (χ3v) is 2.78. The number of fused-ring (bicyclic) bond motifs is 1. The molecule has 0 aliphatic heterocycles. The Kier molecular flexibility index (Phi) is 2.60. The summed E-state index contributed by atoms with van der Waals surface area (Å²) in [5.41, 5.74) is 1.86. The van der Waals surface area contributed by atoms with Crippen molar-refractivity contribution in [2.75, 3.05) is 0 Å². The Morgan fingerprint density at radius 1 is 1.28 bits per heavy atom. The molecule has 3 aromatic heterocycles. The molecule has 0 N–H and O–H groups in total. The van der Waals surface area contributed by atoms with Crippen molar-refractivity contribution in [2.24, 2.45) is 0 Å². The summed E-state index contributed by atoms with van der Waals surface area (Å²) in [7, 11) is 0. The van der Waals surface area contributed by atoms with E-state index in [0.717, 1.165) is 5.56 Å². The molecule has 5 nitrogen and oxygen atoms in total. The second kappa shape index (κ2) is 4.27. The molecule has 0 saturated carbocycles. The van der Waals surface area contributed by atoms with E-state index >= 15 is 0 Å². The van der Waals surface area contributed by atoms with Gasteiger partial charge in [-0.25, -0.2) is 14.8 Å². The second-order valence-electron chi connectivity index (χ2n) is 3.77. The van der Waals surface area contributed by atoms with Gasteiger partial charge in [0.2, 0.25) is 0 Å². The minimum Gasteiger partial charge on any atom is -0.406 e. The van der Waals surface area contributed by atoms with Crippen molar-refractivity contribution in [3.05, 3.63) is 57.9 Å². The molecule has 0 bridgehead atoms. The highest BCUT2D eigenvalue weighted by Crippen LogP contribution is 2.11. The largest absolute Gasteiger partial charge is 0.421 e. The van der Waals surface area contributed by atoms with Crippen LogP contribution in [0.1, 0.15) is 5.56 Å². The molecule has 0 radical (unpaired) electrons. The molecular weight excluding hydrogens is 254 g/mol. The van der Waals surface area contributed by atoms with Crippen LogP contribution in [0.25, 0.3) is 11.2 Å². The van der Waals surface area contributed by atoms with Crippen molar-refractivity contribution in [1.82, 2.24) is 14.5 Å². The molecule has 3 rings (SSSR count). The van der Waals surface area contributed by atoms with E-state index in [2.05, 4.69) is 9.97 Å². The lowest BCUT2D eigenvalue weighted by Crippen LogP contribution is -2.15. The summed E-state index contributed by atoms with van der Waals surface area (Å²) in [5, 5.41) is 0.418. The fourth-order valence-electron chi connectivity index (χ4n) is 1.72. The van der Waals surface area contributed by atoms with Crippen molar-refractivity contribution in [1.29, 1.82) is 0 Å². The topological polar surface area (TPSA) is 60.9 Å². The van der Waals surface area contributed by atoms with Crippen LogP contribution in [0.2, 0.25) is 5.15 Å². The lowest BCUT2D eigenvalue weighted by Gasteiger charge is -2.01. The van der Waals surface area contributed by atoms with Crippen LogP contribution in [0, 0.1) is 0 Å². The van der Waals surface area contributed by atoms with Crippen LogP contribution in [0.4, 0.5) is 0 Å². The van der Waals surface area contributed by atoms with Gasteiger partial charge in [-0.05, 0) is 23.8 Å². The molecule has 0 saturated heterocycles. The van der Waals surface area contributed by atoms with Gasteiger partial charge in [-0.1, -0.05) is 17.7 Å². The summed E-state index contributed by atoms with van der Waals surface area (Å²) < 4.78 is 6.55. The first-order chi connectivity index (χ1) is 8.74. The second-order valence-corrected chi connectivity index (χ2v) is 4.16. The van der Waals surface area contributed by atoms with Gasteiger partial charge in [0.15, 0.2) is 11.2 Å². The summed E-state index contributed by atoms with van der Waals surface area (Å²) in [6, 6.07) is 6.92. The monoisotopic (exact) mass is 261 g/mol. The summed E-state index contributed by atoms with van der Waals surface area (Å²) in [6.07, 6.45) is 3.24. The number of rotatable bonds is 2. The van der Waals surface area contributed by atoms with Crippen molar-refractivity contribution >= 4 is 22.8 Å². The van der Waals surface area contributed by atoms with Gasteiger partial charge >= 0.3 is 5.76 Å². The Morgan fingerprint density at radius 3 is 2.94 bits per heavy atom. The fourth-order valence-corrected chi connectivity index (χ4v) is 1.83. The van der Waals surface area contributed by atoms with Crippen LogP contribution in [-0.4, -0.2) is 14.5 Å². The Bertz CT molecular complexity index is 746. The number of aromatic nitrogens is 3. The first-order valence-corrected chi connectivity index (χ1v) is 5.66. The van der Waals surface area contributed by atoms with Crippen LogP contribution >= 0.6 is 11.6 Å². The van der Waals surface area contributed by atoms with Gasteiger partial charge in [-0.2, -0.15) is 0 Å². The van der Waals surface area contributed by atoms with Crippen LogP contribution in [-0.2, 0) is 6.54 Å². The Balaban J connectivity index is 2.07. The molecule has 0 spiro atoms. The zero-order chi connectivity index (χ0) is 12.5. The highest BCUT2D eigenvalue weighted by Gasteiger charge is 2.10. The maximum atomic E-state index is 11.7. The normalized spacial score (nSPS) is 10.9. The molecular formula is C12H8ClN3O2. The van der Waals surface area contributed by atoms with E-state index in [1.165, 1.54) is 4.57 Å². The van der Waals surface area contributed by atoms with E-state index in [9.17, 15) is 4.79 Å². The number of nitrogens with zero attached hydrogens (tertiary/aromatic N) is 3. The van der Waals surface area contributed by atoms with E-state index in [-0.39, 0.29) is 0 Å². The molecule has 0 aromatic carbocycles. The number of oxazole rings is 1. The van der Waals surface area contributed by atoms with Gasteiger partial charge < -0.3 is 4.42 Å². The molecule has 3 heterocycles. The van der Waals surface area contributed by atoms with Crippen LogP contribution in [0.5, 0.6) is 0 Å². The van der Waals surface area contributed by atoms with Crippen LogP contribution in [0.15, 0.2) is 45.9 Å². The Hall–Kier alpha value is -2.14. The molecule has 0 unspecified atom stereocenters. The lowest BCUT2D eigenvalue weighted by atomic mass is 10.3. The SMILES string of the molecule is O=c1oc2cccnc2n1Cc1ccc(Cl)nc1.